The van der Waals surface area contributed by atoms with Gasteiger partial charge in [-0.05, 0) is 90.8 Å². The maximum atomic E-state index is 9.40. The molecule has 0 saturated carbocycles. The van der Waals surface area contributed by atoms with E-state index in [0.29, 0.717) is 24.9 Å². The standard InChI is InChI=1S/C56H113NO4/c1-6-10-14-18-20-27-34-44-54(43-33-16-12-8-3)60-53(5)42-32-26-21-24-30-38-48-57(50-40-41-51-58)49-39-31-25-22-28-35-45-55-52-59-56(61-55,46-36-17-13-9-4)47-37-29-23-19-15-11-7-2/h53-55,58H,6-52H2,1-5H3. The lowest BCUT2D eigenvalue weighted by Gasteiger charge is -2.28. The maximum absolute atomic E-state index is 9.40. The van der Waals surface area contributed by atoms with E-state index in [1.807, 2.05) is 0 Å². The lowest BCUT2D eigenvalue weighted by atomic mass is 9.99. The first-order valence-corrected chi connectivity index (χ1v) is 28.3. The van der Waals surface area contributed by atoms with Crippen molar-refractivity contribution in [2.45, 2.75) is 328 Å². The van der Waals surface area contributed by atoms with Crippen molar-refractivity contribution in [2.75, 3.05) is 32.8 Å². The van der Waals surface area contributed by atoms with Crippen LogP contribution in [-0.2, 0) is 14.2 Å². The van der Waals surface area contributed by atoms with Crippen molar-refractivity contribution >= 4 is 0 Å². The Hall–Kier alpha value is -0.200. The molecule has 1 aliphatic heterocycles. The molecule has 1 aliphatic rings. The van der Waals surface area contributed by atoms with E-state index in [1.54, 1.807) is 0 Å². The molecule has 1 saturated heterocycles. The Kier molecular flexibility index (Phi) is 43.4. The van der Waals surface area contributed by atoms with Crippen LogP contribution in [-0.4, -0.2) is 67.0 Å². The van der Waals surface area contributed by atoms with Gasteiger partial charge in [0.15, 0.2) is 5.79 Å². The van der Waals surface area contributed by atoms with Gasteiger partial charge in [-0.2, -0.15) is 0 Å². The normalized spacial score (nSPS) is 17.9. The molecule has 4 unspecified atom stereocenters. The van der Waals surface area contributed by atoms with E-state index in [0.717, 1.165) is 38.8 Å². The fourth-order valence-corrected chi connectivity index (χ4v) is 9.79. The summed E-state index contributed by atoms with van der Waals surface area (Å²) in [6.07, 6.45) is 56.2. The van der Waals surface area contributed by atoms with Crippen LogP contribution in [0.5, 0.6) is 0 Å². The third kappa shape index (κ3) is 36.7. The van der Waals surface area contributed by atoms with Gasteiger partial charge in [-0.15, -0.1) is 0 Å². The first-order chi connectivity index (χ1) is 30.0. The lowest BCUT2D eigenvalue weighted by molar-refractivity contribution is -0.180. The molecule has 4 atom stereocenters. The van der Waals surface area contributed by atoms with Crippen LogP contribution in [0.3, 0.4) is 0 Å². The SMILES string of the molecule is CCCCCCCCCC(CCCCCC)OC(C)CCCCCCCCN(CCCCO)CCCCCCCCC1COC(CCCCCC)(CCCCCCCCC)O1. The second kappa shape index (κ2) is 45.0. The Labute approximate surface area is 384 Å². The first-order valence-electron chi connectivity index (χ1n) is 28.3. The Morgan fingerprint density at radius 3 is 1.34 bits per heavy atom. The predicted octanol–water partition coefficient (Wildman–Crippen LogP) is 17.6. The highest BCUT2D eigenvalue weighted by molar-refractivity contribution is 4.80. The van der Waals surface area contributed by atoms with Crippen LogP contribution in [0.15, 0.2) is 0 Å². The van der Waals surface area contributed by atoms with E-state index in [2.05, 4.69) is 39.5 Å². The van der Waals surface area contributed by atoms with E-state index < -0.39 is 0 Å². The quantitative estimate of drug-likeness (QED) is 0.0618. The summed E-state index contributed by atoms with van der Waals surface area (Å²) in [6.45, 7) is 16.3. The molecule has 1 fully saturated rings. The van der Waals surface area contributed by atoms with Crippen molar-refractivity contribution in [3.8, 4) is 0 Å². The van der Waals surface area contributed by atoms with Crippen LogP contribution < -0.4 is 0 Å². The summed E-state index contributed by atoms with van der Waals surface area (Å²) in [7, 11) is 0. The summed E-state index contributed by atoms with van der Waals surface area (Å²) in [5.74, 6) is -0.289. The Morgan fingerprint density at radius 1 is 0.475 bits per heavy atom. The zero-order chi connectivity index (χ0) is 44.2. The van der Waals surface area contributed by atoms with Crippen LogP contribution in [0.2, 0.25) is 0 Å². The fourth-order valence-electron chi connectivity index (χ4n) is 9.79. The smallest absolute Gasteiger partial charge is 0.168 e. The van der Waals surface area contributed by atoms with Gasteiger partial charge in [0.25, 0.3) is 0 Å². The largest absolute Gasteiger partial charge is 0.396 e. The molecule has 1 rings (SSSR count). The predicted molar refractivity (Wildman–Crippen MR) is 268 cm³/mol. The van der Waals surface area contributed by atoms with Crippen molar-refractivity contribution in [2.24, 2.45) is 0 Å². The fraction of sp³-hybridized carbons (Fsp3) is 1.00. The number of hydrogen-bond acceptors (Lipinski definition) is 5. The molecule has 5 heteroatoms. The molecule has 61 heavy (non-hydrogen) atoms. The summed E-state index contributed by atoms with van der Waals surface area (Å²) >= 11 is 0. The number of unbranched alkanes of at least 4 members (excludes halogenated alkanes) is 29. The highest BCUT2D eigenvalue weighted by Gasteiger charge is 2.40. The van der Waals surface area contributed by atoms with Gasteiger partial charge in [0.2, 0.25) is 0 Å². The summed E-state index contributed by atoms with van der Waals surface area (Å²) < 4.78 is 20.0. The van der Waals surface area contributed by atoms with Crippen molar-refractivity contribution in [3.05, 3.63) is 0 Å². The second-order valence-corrected chi connectivity index (χ2v) is 20.1. The van der Waals surface area contributed by atoms with Crippen molar-refractivity contribution in [1.82, 2.24) is 4.90 Å². The number of nitrogens with zero attached hydrogens (tertiary/aromatic N) is 1. The molecule has 0 spiro atoms. The zero-order valence-corrected chi connectivity index (χ0v) is 42.6. The number of hydrogen-bond donors (Lipinski definition) is 1. The molecular formula is C56H113NO4. The van der Waals surface area contributed by atoms with Gasteiger partial charge in [-0.25, -0.2) is 0 Å². The first kappa shape index (κ1) is 58.8. The van der Waals surface area contributed by atoms with Gasteiger partial charge in [0, 0.05) is 19.4 Å². The third-order valence-electron chi connectivity index (χ3n) is 13.9. The van der Waals surface area contributed by atoms with Gasteiger partial charge in [0.05, 0.1) is 24.9 Å². The lowest BCUT2D eigenvalue weighted by Crippen LogP contribution is -2.31. The van der Waals surface area contributed by atoms with Crippen LogP contribution in [0.4, 0.5) is 0 Å². The second-order valence-electron chi connectivity index (χ2n) is 20.1. The molecule has 0 bridgehead atoms. The van der Waals surface area contributed by atoms with Crippen molar-refractivity contribution in [1.29, 1.82) is 0 Å². The number of rotatable bonds is 50. The van der Waals surface area contributed by atoms with Crippen LogP contribution >= 0.6 is 0 Å². The number of aliphatic hydroxyl groups excluding tert-OH is 1. The zero-order valence-electron chi connectivity index (χ0n) is 42.6. The van der Waals surface area contributed by atoms with Gasteiger partial charge >= 0.3 is 0 Å². The van der Waals surface area contributed by atoms with Gasteiger partial charge in [-0.1, -0.05) is 220 Å². The van der Waals surface area contributed by atoms with E-state index in [4.69, 9.17) is 14.2 Å². The van der Waals surface area contributed by atoms with Gasteiger partial charge in [-0.3, -0.25) is 0 Å². The van der Waals surface area contributed by atoms with Crippen molar-refractivity contribution in [3.63, 3.8) is 0 Å². The number of aliphatic hydroxyl groups is 1. The van der Waals surface area contributed by atoms with E-state index >= 15 is 0 Å². The minimum Gasteiger partial charge on any atom is -0.396 e. The molecule has 0 amide bonds. The van der Waals surface area contributed by atoms with E-state index in [-0.39, 0.29) is 5.79 Å². The summed E-state index contributed by atoms with van der Waals surface area (Å²) in [6, 6.07) is 0. The van der Waals surface area contributed by atoms with Gasteiger partial charge < -0.3 is 24.2 Å². The topological polar surface area (TPSA) is 51.2 Å². The molecular weight excluding hydrogens is 751 g/mol. The van der Waals surface area contributed by atoms with Crippen LogP contribution in [0, 0.1) is 0 Å². The van der Waals surface area contributed by atoms with E-state index in [1.165, 1.54) is 257 Å². The van der Waals surface area contributed by atoms with Crippen LogP contribution in [0.25, 0.3) is 0 Å². The summed E-state index contributed by atoms with van der Waals surface area (Å²) in [5, 5.41) is 9.40. The maximum Gasteiger partial charge on any atom is 0.168 e. The molecule has 1 heterocycles. The minimum absolute atomic E-state index is 0.289. The molecule has 0 aromatic rings. The highest BCUT2D eigenvalue weighted by atomic mass is 16.7. The van der Waals surface area contributed by atoms with E-state index in [9.17, 15) is 5.11 Å². The minimum atomic E-state index is -0.289. The average Bonchev–Trinajstić information content (AvgIpc) is 3.67. The molecule has 0 aliphatic carbocycles. The molecule has 0 radical (unpaired) electrons. The molecule has 366 valence electrons. The monoisotopic (exact) mass is 864 g/mol. The average molecular weight is 865 g/mol. The summed E-state index contributed by atoms with van der Waals surface area (Å²) in [4.78, 5) is 2.71. The molecule has 0 aromatic heterocycles. The number of ether oxygens (including phenoxy) is 3. The van der Waals surface area contributed by atoms with Crippen molar-refractivity contribution < 1.29 is 19.3 Å². The summed E-state index contributed by atoms with van der Waals surface area (Å²) in [5.41, 5.74) is 0. The van der Waals surface area contributed by atoms with Gasteiger partial charge in [0.1, 0.15) is 0 Å². The highest BCUT2D eigenvalue weighted by Crippen LogP contribution is 2.36. The molecule has 5 nitrogen and oxygen atoms in total. The Bertz CT molecular complexity index is 856. The third-order valence-corrected chi connectivity index (χ3v) is 13.9. The molecule has 0 aromatic carbocycles. The Balaban J connectivity index is 2.22. The Morgan fingerprint density at radius 2 is 0.852 bits per heavy atom. The van der Waals surface area contributed by atoms with Crippen LogP contribution in [0.1, 0.15) is 304 Å². The molecule has 1 N–H and O–H groups in total.